The van der Waals surface area contributed by atoms with Gasteiger partial charge in [-0.25, -0.2) is 0 Å². The van der Waals surface area contributed by atoms with Crippen LogP contribution in [0, 0.1) is 13.8 Å². The Morgan fingerprint density at radius 3 is 2.25 bits per heavy atom. The van der Waals surface area contributed by atoms with Crippen molar-refractivity contribution in [1.29, 1.82) is 0 Å². The molecule has 5 nitrogen and oxygen atoms in total. The number of rotatable bonds is 7. The molecular weight excluding hydrogens is 375 g/mol. The Morgan fingerprint density at radius 2 is 1.71 bits per heavy atom. The van der Waals surface area contributed by atoms with Crippen molar-refractivity contribution in [3.05, 3.63) is 63.7 Å². The predicted molar refractivity (Wildman–Crippen MR) is 111 cm³/mol. The molecule has 0 aromatic heterocycles. The third kappa shape index (κ3) is 6.50. The van der Waals surface area contributed by atoms with E-state index in [0.29, 0.717) is 12.0 Å². The molecule has 0 spiro atoms. The molecule has 0 bridgehead atoms. The van der Waals surface area contributed by atoms with Crippen molar-refractivity contribution >= 4 is 13.3 Å². The van der Waals surface area contributed by atoms with Crippen LogP contribution in [0.2, 0.25) is 0 Å². The predicted octanol–water partition coefficient (Wildman–Crippen LogP) is 4.49. The van der Waals surface area contributed by atoms with Gasteiger partial charge in [0, 0.05) is 18.4 Å². The monoisotopic (exact) mass is 404 g/mol. The largest absolute Gasteiger partial charge is 0.508 e. The van der Waals surface area contributed by atoms with Gasteiger partial charge < -0.3 is 14.7 Å². The summed E-state index contributed by atoms with van der Waals surface area (Å²) in [4.78, 5) is 21.6. The molecule has 0 radical (unpaired) electrons. The fourth-order valence-electron chi connectivity index (χ4n) is 3.35. The second-order valence-electron chi connectivity index (χ2n) is 7.77. The van der Waals surface area contributed by atoms with E-state index >= 15 is 0 Å². The number of phenolic OH excluding ortho intramolecular Hbond substituents is 1. The molecule has 0 saturated heterocycles. The quantitative estimate of drug-likeness (QED) is 0.525. The van der Waals surface area contributed by atoms with E-state index in [-0.39, 0.29) is 30.4 Å². The number of ether oxygens (including phenoxy) is 1. The zero-order valence-corrected chi connectivity index (χ0v) is 18.0. The molecule has 2 rings (SSSR count). The molecule has 1 atom stereocenters. The third-order valence-corrected chi connectivity index (χ3v) is 5.41. The molecule has 0 aliphatic rings. The zero-order chi connectivity index (χ0) is 21.1. The Bertz CT molecular complexity index is 888. The van der Waals surface area contributed by atoms with E-state index in [1.807, 2.05) is 38.1 Å². The Kier molecular flexibility index (Phi) is 7.08. The first kappa shape index (κ1) is 22.2. The molecule has 28 heavy (non-hydrogen) atoms. The molecule has 0 amide bonds. The van der Waals surface area contributed by atoms with Crippen LogP contribution in [0.15, 0.2) is 30.3 Å². The van der Waals surface area contributed by atoms with Crippen LogP contribution in [0.25, 0.3) is 0 Å². The second kappa shape index (κ2) is 8.93. The molecule has 2 aromatic rings. The molecule has 2 N–H and O–H groups in total. The minimum absolute atomic E-state index is 0.0248. The van der Waals surface area contributed by atoms with Crippen LogP contribution >= 0.6 is 7.37 Å². The van der Waals surface area contributed by atoms with Crippen LogP contribution in [0.4, 0.5) is 0 Å². The number of benzene rings is 2. The Morgan fingerprint density at radius 1 is 1.11 bits per heavy atom. The number of carbonyl (C=O) groups excluding carboxylic acids is 1. The first-order valence-electron chi connectivity index (χ1n) is 9.33. The molecule has 0 saturated carbocycles. The van der Waals surface area contributed by atoms with Crippen LogP contribution in [-0.4, -0.2) is 28.7 Å². The molecule has 1 unspecified atom stereocenters. The Hall–Kier alpha value is -2.10. The summed E-state index contributed by atoms with van der Waals surface area (Å²) in [5.41, 5.74) is 5.62. The average Bonchev–Trinajstić information content (AvgIpc) is 2.51. The van der Waals surface area contributed by atoms with E-state index in [2.05, 4.69) is 0 Å². The first-order valence-corrected chi connectivity index (χ1v) is 11.6. The molecule has 152 valence electrons. The molecule has 0 fully saturated rings. The van der Waals surface area contributed by atoms with Gasteiger partial charge >= 0.3 is 5.97 Å². The Balaban J connectivity index is 2.25. The molecular formula is C22H29O5P. The summed E-state index contributed by atoms with van der Waals surface area (Å²) in [6.45, 7) is 8.93. The fraction of sp³-hybridized carbons (Fsp3) is 0.409. The highest BCUT2D eigenvalue weighted by molar-refractivity contribution is 7.56. The number of aromatic hydroxyl groups is 1. The van der Waals surface area contributed by atoms with E-state index in [1.165, 1.54) is 6.66 Å². The highest BCUT2D eigenvalue weighted by Gasteiger charge is 2.15. The van der Waals surface area contributed by atoms with Crippen molar-refractivity contribution in [2.75, 3.05) is 6.66 Å². The van der Waals surface area contributed by atoms with Gasteiger partial charge in [-0.15, -0.1) is 0 Å². The number of hydrogen-bond acceptors (Lipinski definition) is 4. The molecule has 2 aromatic carbocycles. The lowest BCUT2D eigenvalue weighted by Gasteiger charge is -2.15. The lowest BCUT2D eigenvalue weighted by molar-refractivity contribution is -0.146. The van der Waals surface area contributed by atoms with E-state index < -0.39 is 7.37 Å². The number of phenols is 1. The first-order chi connectivity index (χ1) is 12.9. The van der Waals surface area contributed by atoms with Gasteiger partial charge in [0.15, 0.2) is 0 Å². The van der Waals surface area contributed by atoms with E-state index in [0.717, 1.165) is 27.8 Å². The van der Waals surface area contributed by atoms with Gasteiger partial charge in [-0.3, -0.25) is 9.36 Å². The molecule has 0 aliphatic carbocycles. The summed E-state index contributed by atoms with van der Waals surface area (Å²) < 4.78 is 16.9. The highest BCUT2D eigenvalue weighted by atomic mass is 31.2. The van der Waals surface area contributed by atoms with Crippen molar-refractivity contribution in [3.63, 3.8) is 0 Å². The standard InChI is InChI=1S/C22H29O5P/c1-14(2)27-22(24)12-19-10-17(6-7-21(19)23)11-20-15(3)8-18(9-16(20)4)13-28(5,25)26/h6-10,14,23H,11-13H2,1-5H3,(H,25,26). The van der Waals surface area contributed by atoms with Crippen molar-refractivity contribution in [2.24, 2.45) is 0 Å². The normalized spacial score (nSPS) is 13.4. The molecule has 0 aliphatic heterocycles. The highest BCUT2D eigenvalue weighted by Crippen LogP contribution is 2.40. The Labute approximate surface area is 166 Å². The lowest BCUT2D eigenvalue weighted by atomic mass is 9.93. The molecule has 0 heterocycles. The van der Waals surface area contributed by atoms with E-state index in [4.69, 9.17) is 4.74 Å². The number of hydrogen-bond donors (Lipinski definition) is 2. The topological polar surface area (TPSA) is 83.8 Å². The smallest absolute Gasteiger partial charge is 0.310 e. The van der Waals surface area contributed by atoms with Gasteiger partial charge in [0.25, 0.3) is 0 Å². The van der Waals surface area contributed by atoms with Gasteiger partial charge in [0.2, 0.25) is 7.37 Å². The van der Waals surface area contributed by atoms with Crippen LogP contribution in [0.3, 0.4) is 0 Å². The third-order valence-electron chi connectivity index (χ3n) is 4.46. The van der Waals surface area contributed by atoms with E-state index in [9.17, 15) is 19.4 Å². The van der Waals surface area contributed by atoms with Crippen LogP contribution in [0.1, 0.15) is 47.2 Å². The molecule has 6 heteroatoms. The summed E-state index contributed by atoms with van der Waals surface area (Å²) in [6, 6.07) is 9.18. The van der Waals surface area contributed by atoms with Crippen LogP contribution < -0.4 is 0 Å². The minimum Gasteiger partial charge on any atom is -0.508 e. The van der Waals surface area contributed by atoms with Gasteiger partial charge in [-0.05, 0) is 68.0 Å². The minimum atomic E-state index is -3.12. The summed E-state index contributed by atoms with van der Waals surface area (Å²) in [5.74, 6) is -0.290. The maximum atomic E-state index is 11.9. The number of carbonyl (C=O) groups is 1. The fourth-order valence-corrected chi connectivity index (χ4v) is 4.21. The summed E-state index contributed by atoms with van der Waals surface area (Å²) in [7, 11) is -3.12. The van der Waals surface area contributed by atoms with Crippen molar-refractivity contribution in [2.45, 2.75) is 52.8 Å². The maximum Gasteiger partial charge on any atom is 0.310 e. The second-order valence-corrected chi connectivity index (χ2v) is 10.2. The zero-order valence-electron chi connectivity index (χ0n) is 17.2. The number of aryl methyl sites for hydroxylation is 2. The lowest BCUT2D eigenvalue weighted by Crippen LogP contribution is -2.13. The van der Waals surface area contributed by atoms with Crippen molar-refractivity contribution in [3.8, 4) is 5.75 Å². The summed E-state index contributed by atoms with van der Waals surface area (Å²) in [6.07, 6.45) is 0.639. The average molecular weight is 404 g/mol. The van der Waals surface area contributed by atoms with Crippen molar-refractivity contribution in [1.82, 2.24) is 0 Å². The SMILES string of the molecule is Cc1cc(CP(C)(=O)O)cc(C)c1Cc1ccc(O)c(CC(=O)OC(C)C)c1. The number of esters is 1. The maximum absolute atomic E-state index is 11.9. The van der Waals surface area contributed by atoms with Gasteiger partial charge in [0.1, 0.15) is 5.75 Å². The van der Waals surface area contributed by atoms with Gasteiger partial charge in [0.05, 0.1) is 12.5 Å². The van der Waals surface area contributed by atoms with Gasteiger partial charge in [-0.2, -0.15) is 0 Å². The van der Waals surface area contributed by atoms with Crippen LogP contribution in [-0.2, 0) is 33.1 Å². The summed E-state index contributed by atoms with van der Waals surface area (Å²) >= 11 is 0. The summed E-state index contributed by atoms with van der Waals surface area (Å²) in [5, 5.41) is 10.1. The van der Waals surface area contributed by atoms with Gasteiger partial charge in [-0.1, -0.05) is 24.3 Å². The van der Waals surface area contributed by atoms with Crippen LogP contribution in [0.5, 0.6) is 5.75 Å². The van der Waals surface area contributed by atoms with Crippen molar-refractivity contribution < 1.29 is 24.1 Å². The van der Waals surface area contributed by atoms with E-state index in [1.54, 1.807) is 19.9 Å².